The van der Waals surface area contributed by atoms with Crippen molar-refractivity contribution in [3.05, 3.63) is 40.9 Å². The molecule has 104 valence electrons. The smallest absolute Gasteiger partial charge is 0.408 e. The van der Waals surface area contributed by atoms with Gasteiger partial charge < -0.3 is 9.73 Å². The average Bonchev–Trinajstić information content (AvgIpc) is 3.11. The van der Waals surface area contributed by atoms with Gasteiger partial charge in [-0.2, -0.15) is 0 Å². The molecule has 1 aromatic carbocycles. The van der Waals surface area contributed by atoms with Crippen molar-refractivity contribution in [1.29, 1.82) is 0 Å². The Morgan fingerprint density at radius 1 is 1.35 bits per heavy atom. The predicted octanol–water partition coefficient (Wildman–Crippen LogP) is 3.13. The fourth-order valence-corrected chi connectivity index (χ4v) is 3.81. The van der Waals surface area contributed by atoms with E-state index in [-0.39, 0.29) is 0 Å². The molecule has 4 unspecified atom stereocenters. The zero-order chi connectivity index (χ0) is 13.7. The molecule has 4 atom stereocenters. The van der Waals surface area contributed by atoms with E-state index in [9.17, 15) is 4.79 Å². The van der Waals surface area contributed by atoms with Crippen LogP contribution in [0.25, 0.3) is 11.1 Å². The highest BCUT2D eigenvalue weighted by molar-refractivity contribution is 5.76. The predicted molar refractivity (Wildman–Crippen MR) is 78.8 cm³/mol. The molecule has 2 aliphatic carbocycles. The molecule has 1 heterocycles. The minimum absolute atomic E-state index is 0.400. The lowest BCUT2D eigenvalue weighted by molar-refractivity contribution is 0.400. The van der Waals surface area contributed by atoms with Gasteiger partial charge >= 0.3 is 5.76 Å². The summed E-state index contributed by atoms with van der Waals surface area (Å²) in [6.45, 7) is 2.25. The third-order valence-electron chi connectivity index (χ3n) is 4.79. The van der Waals surface area contributed by atoms with Crippen molar-refractivity contribution < 1.29 is 4.42 Å². The number of nitrogens with one attached hydrogen (secondary N) is 2. The van der Waals surface area contributed by atoms with E-state index in [2.05, 4.69) is 29.4 Å². The zero-order valence-electron chi connectivity index (χ0n) is 11.4. The Morgan fingerprint density at radius 2 is 2.25 bits per heavy atom. The van der Waals surface area contributed by atoms with Crippen LogP contribution in [0.2, 0.25) is 0 Å². The number of allylic oxidation sites excluding steroid dienone is 2. The first-order valence-electron chi connectivity index (χ1n) is 7.27. The summed E-state index contributed by atoms with van der Waals surface area (Å²) in [5, 5.41) is 3.57. The first kappa shape index (κ1) is 11.8. The van der Waals surface area contributed by atoms with E-state index < -0.39 is 5.76 Å². The molecule has 2 N–H and O–H groups in total. The highest BCUT2D eigenvalue weighted by Gasteiger charge is 2.38. The van der Waals surface area contributed by atoms with Crippen molar-refractivity contribution in [2.75, 3.05) is 5.32 Å². The molecule has 2 aliphatic rings. The van der Waals surface area contributed by atoms with E-state index in [1.54, 1.807) is 0 Å². The van der Waals surface area contributed by atoms with Gasteiger partial charge in [0.15, 0.2) is 5.58 Å². The number of anilines is 1. The van der Waals surface area contributed by atoms with Crippen LogP contribution in [0.4, 0.5) is 5.69 Å². The van der Waals surface area contributed by atoms with Crippen LogP contribution in [-0.2, 0) is 0 Å². The quantitative estimate of drug-likeness (QED) is 0.842. The molecule has 2 aromatic rings. The second-order valence-electron chi connectivity index (χ2n) is 6.10. The van der Waals surface area contributed by atoms with Crippen LogP contribution in [0, 0.1) is 17.8 Å². The van der Waals surface area contributed by atoms with Gasteiger partial charge in [0, 0.05) is 11.7 Å². The molecular formula is C16H18N2O2. The minimum Gasteiger partial charge on any atom is -0.408 e. The summed E-state index contributed by atoms with van der Waals surface area (Å²) in [5.41, 5.74) is 2.39. The van der Waals surface area contributed by atoms with Gasteiger partial charge in [0.05, 0.1) is 5.52 Å². The summed E-state index contributed by atoms with van der Waals surface area (Å²) < 4.78 is 5.02. The topological polar surface area (TPSA) is 58.0 Å². The van der Waals surface area contributed by atoms with Gasteiger partial charge in [0.25, 0.3) is 0 Å². The summed E-state index contributed by atoms with van der Waals surface area (Å²) in [6.07, 6.45) is 7.37. The van der Waals surface area contributed by atoms with Crippen LogP contribution in [0.5, 0.6) is 0 Å². The summed E-state index contributed by atoms with van der Waals surface area (Å²) in [6, 6.07) is 6.19. The maximum atomic E-state index is 11.2. The van der Waals surface area contributed by atoms with Crippen LogP contribution >= 0.6 is 0 Å². The fourth-order valence-electron chi connectivity index (χ4n) is 3.81. The molecule has 4 rings (SSSR count). The van der Waals surface area contributed by atoms with Crippen LogP contribution < -0.4 is 11.1 Å². The van der Waals surface area contributed by atoms with Gasteiger partial charge in [-0.1, -0.05) is 12.2 Å². The van der Waals surface area contributed by atoms with E-state index in [0.717, 1.165) is 23.0 Å². The second-order valence-corrected chi connectivity index (χ2v) is 6.10. The monoisotopic (exact) mass is 270 g/mol. The average molecular weight is 270 g/mol. The molecule has 2 bridgehead atoms. The van der Waals surface area contributed by atoms with Crippen molar-refractivity contribution in [3.8, 4) is 0 Å². The van der Waals surface area contributed by atoms with Crippen LogP contribution in [-0.4, -0.2) is 11.0 Å². The van der Waals surface area contributed by atoms with Gasteiger partial charge in [-0.15, -0.1) is 0 Å². The largest absolute Gasteiger partial charge is 0.417 e. The number of aromatic amines is 1. The maximum Gasteiger partial charge on any atom is 0.417 e. The second kappa shape index (κ2) is 4.27. The van der Waals surface area contributed by atoms with Crippen molar-refractivity contribution in [2.24, 2.45) is 17.8 Å². The highest BCUT2D eigenvalue weighted by Crippen LogP contribution is 2.45. The van der Waals surface area contributed by atoms with Crippen LogP contribution in [0.15, 0.2) is 39.6 Å². The van der Waals surface area contributed by atoms with Gasteiger partial charge in [0.1, 0.15) is 0 Å². The third kappa shape index (κ3) is 1.87. The van der Waals surface area contributed by atoms with Crippen LogP contribution in [0.1, 0.15) is 19.8 Å². The van der Waals surface area contributed by atoms with Crippen molar-refractivity contribution in [2.45, 2.75) is 25.8 Å². The van der Waals surface area contributed by atoms with Gasteiger partial charge in [-0.05, 0) is 55.7 Å². The molecule has 20 heavy (non-hydrogen) atoms. The minimum atomic E-state index is -0.400. The number of oxazole rings is 1. The zero-order valence-corrected chi connectivity index (χ0v) is 11.4. The molecule has 0 spiro atoms. The van der Waals surface area contributed by atoms with Crippen molar-refractivity contribution in [3.63, 3.8) is 0 Å². The number of fused-ring (bicyclic) bond motifs is 3. The molecule has 0 radical (unpaired) electrons. The number of benzene rings is 1. The van der Waals surface area contributed by atoms with Crippen molar-refractivity contribution in [1.82, 2.24) is 4.98 Å². The summed E-state index contributed by atoms with van der Waals surface area (Å²) >= 11 is 0. The molecule has 0 aliphatic heterocycles. The molecular weight excluding hydrogens is 252 g/mol. The Morgan fingerprint density at radius 3 is 3.00 bits per heavy atom. The standard InChI is InChI=1S/C16H18N2O2/c1-9(13-7-10-2-3-11(13)6-10)17-12-4-5-15-14(8-12)18-16(19)20-15/h2-5,8-11,13,17H,6-7H2,1H3,(H,18,19). The number of aromatic nitrogens is 1. The Hall–Kier alpha value is -1.97. The Bertz CT molecular complexity index is 727. The molecule has 4 heteroatoms. The molecule has 1 aromatic heterocycles. The summed E-state index contributed by atoms with van der Waals surface area (Å²) in [7, 11) is 0. The van der Waals surface area contributed by atoms with Gasteiger partial charge in [-0.3, -0.25) is 4.98 Å². The first-order valence-corrected chi connectivity index (χ1v) is 7.27. The van der Waals surface area contributed by atoms with Gasteiger partial charge in [0.2, 0.25) is 0 Å². The highest BCUT2D eigenvalue weighted by atomic mass is 16.4. The van der Waals surface area contributed by atoms with E-state index in [1.807, 2.05) is 18.2 Å². The SMILES string of the molecule is CC(Nc1ccc2oc(=O)[nH]c2c1)C1CC2C=CC1C2. The van der Waals surface area contributed by atoms with E-state index in [1.165, 1.54) is 12.8 Å². The number of H-pyrrole nitrogens is 1. The van der Waals surface area contributed by atoms with Gasteiger partial charge in [-0.25, -0.2) is 4.79 Å². The molecule has 1 saturated carbocycles. The number of hydrogen-bond acceptors (Lipinski definition) is 3. The Kier molecular flexibility index (Phi) is 2.52. The molecule has 0 saturated heterocycles. The first-order chi connectivity index (χ1) is 9.69. The normalized spacial score (nSPS) is 29.1. The van der Waals surface area contributed by atoms with E-state index >= 15 is 0 Å². The third-order valence-corrected chi connectivity index (χ3v) is 4.79. The van der Waals surface area contributed by atoms with Crippen LogP contribution in [0.3, 0.4) is 0 Å². The van der Waals surface area contributed by atoms with Crippen molar-refractivity contribution >= 4 is 16.8 Å². The molecule has 0 amide bonds. The summed E-state index contributed by atoms with van der Waals surface area (Å²) in [4.78, 5) is 13.9. The lowest BCUT2D eigenvalue weighted by Crippen LogP contribution is -2.28. The number of hydrogen-bond donors (Lipinski definition) is 2. The summed E-state index contributed by atoms with van der Waals surface area (Å²) in [5.74, 6) is 1.84. The lowest BCUT2D eigenvalue weighted by atomic mass is 9.87. The lowest BCUT2D eigenvalue weighted by Gasteiger charge is -2.27. The van der Waals surface area contributed by atoms with E-state index in [4.69, 9.17) is 4.42 Å². The Balaban J connectivity index is 1.54. The molecule has 1 fully saturated rings. The van der Waals surface area contributed by atoms with E-state index in [0.29, 0.717) is 17.5 Å². The fraction of sp³-hybridized carbons (Fsp3) is 0.438. The Labute approximate surface area is 116 Å². The molecule has 4 nitrogen and oxygen atoms in total. The number of rotatable bonds is 3. The maximum absolute atomic E-state index is 11.2.